The van der Waals surface area contributed by atoms with E-state index in [-0.39, 0.29) is 6.04 Å². The van der Waals surface area contributed by atoms with Crippen molar-refractivity contribution in [1.82, 2.24) is 25.1 Å². The molecule has 3 N–H and O–H groups in total. The van der Waals surface area contributed by atoms with Crippen molar-refractivity contribution < 1.29 is 4.74 Å². The van der Waals surface area contributed by atoms with E-state index < -0.39 is 0 Å². The Bertz CT molecular complexity index is 1270. The van der Waals surface area contributed by atoms with Gasteiger partial charge >= 0.3 is 0 Å². The Kier molecular flexibility index (Phi) is 4.98. The number of terminal acetylenes is 1. The van der Waals surface area contributed by atoms with Crippen molar-refractivity contribution in [3.05, 3.63) is 60.4 Å². The van der Waals surface area contributed by atoms with Gasteiger partial charge in [-0.25, -0.2) is 14.6 Å². The molecule has 0 bridgehead atoms. The van der Waals surface area contributed by atoms with E-state index in [1.807, 2.05) is 53.2 Å². The zero-order chi connectivity index (χ0) is 21.2. The lowest BCUT2D eigenvalue weighted by atomic mass is 10.1. The minimum absolute atomic E-state index is 0.241. The van der Waals surface area contributed by atoms with Crippen LogP contribution in [0.25, 0.3) is 22.3 Å². The molecular weight excluding hydrogens is 388 g/mol. The van der Waals surface area contributed by atoms with Crippen LogP contribution in [0, 0.1) is 12.3 Å². The minimum atomic E-state index is 0.241. The van der Waals surface area contributed by atoms with E-state index in [1.54, 1.807) is 0 Å². The molecule has 31 heavy (non-hydrogen) atoms. The van der Waals surface area contributed by atoms with Crippen molar-refractivity contribution in [2.24, 2.45) is 0 Å². The van der Waals surface area contributed by atoms with E-state index in [9.17, 15) is 0 Å². The number of nitrogens with one attached hydrogen (secondary N) is 1. The number of aromatic nitrogens is 4. The third-order valence-electron chi connectivity index (χ3n) is 5.50. The van der Waals surface area contributed by atoms with E-state index in [2.05, 4.69) is 21.2 Å². The number of fused-ring (bicyclic) bond motifs is 1. The first-order valence-electron chi connectivity index (χ1n) is 10.3. The summed E-state index contributed by atoms with van der Waals surface area (Å²) in [5, 5.41) is 9.13. The molecule has 7 heteroatoms. The monoisotopic (exact) mass is 410 g/mol. The highest BCUT2D eigenvalue weighted by Gasteiger charge is 2.23. The number of rotatable bonds is 4. The summed E-state index contributed by atoms with van der Waals surface area (Å²) >= 11 is 0. The molecule has 7 nitrogen and oxygen atoms in total. The van der Waals surface area contributed by atoms with Gasteiger partial charge in [-0.15, -0.1) is 6.42 Å². The largest absolute Gasteiger partial charge is 0.457 e. The number of nitrogen functional groups attached to an aromatic ring is 1. The van der Waals surface area contributed by atoms with E-state index in [4.69, 9.17) is 22.0 Å². The fourth-order valence-corrected chi connectivity index (χ4v) is 3.96. The van der Waals surface area contributed by atoms with E-state index in [0.717, 1.165) is 53.8 Å². The van der Waals surface area contributed by atoms with Gasteiger partial charge in [-0.1, -0.05) is 12.0 Å². The Morgan fingerprint density at radius 1 is 1.13 bits per heavy atom. The summed E-state index contributed by atoms with van der Waals surface area (Å²) in [6.45, 7) is 1.90. The molecule has 154 valence electrons. The molecule has 1 aliphatic heterocycles. The molecular formula is C24H22N6O. The van der Waals surface area contributed by atoms with Crippen LogP contribution in [0.3, 0.4) is 0 Å². The standard InChI is InChI=1S/C24H22N6O/c1-2-16-5-3-7-20(13-16)31-19-10-8-17(9-11-19)22-21-23(25)27-15-28-24(21)30(29-22)18-6-4-12-26-14-18/h1,3,5,7-11,13,15,18,26H,4,6,12,14H2,(H2,25,27,28)/t18-/m1/s1. The van der Waals surface area contributed by atoms with E-state index in [1.165, 1.54) is 6.33 Å². The SMILES string of the molecule is C#Cc1cccc(Oc2ccc(-c3nn([C@@H]4CCCNC4)c4ncnc(N)c34)cc2)c1. The number of ether oxygens (including phenoxy) is 1. The number of hydrogen-bond donors (Lipinski definition) is 2. The molecule has 1 fully saturated rings. The highest BCUT2D eigenvalue weighted by atomic mass is 16.5. The quantitative estimate of drug-likeness (QED) is 0.498. The zero-order valence-corrected chi connectivity index (χ0v) is 17.0. The van der Waals surface area contributed by atoms with Crippen molar-refractivity contribution in [3.63, 3.8) is 0 Å². The van der Waals surface area contributed by atoms with Gasteiger partial charge in [0.05, 0.1) is 11.4 Å². The third kappa shape index (κ3) is 3.69. The lowest BCUT2D eigenvalue weighted by Crippen LogP contribution is -2.32. The summed E-state index contributed by atoms with van der Waals surface area (Å²) in [4.78, 5) is 8.69. The van der Waals surface area contributed by atoms with Crippen molar-refractivity contribution in [3.8, 4) is 35.1 Å². The molecule has 1 atom stereocenters. The zero-order valence-electron chi connectivity index (χ0n) is 17.0. The normalized spacial score (nSPS) is 16.2. The number of benzene rings is 2. The average molecular weight is 410 g/mol. The lowest BCUT2D eigenvalue weighted by Gasteiger charge is -2.23. The molecule has 0 saturated carbocycles. The molecule has 0 aliphatic carbocycles. The van der Waals surface area contributed by atoms with Gasteiger partial charge in [0.15, 0.2) is 5.65 Å². The average Bonchev–Trinajstić information content (AvgIpc) is 3.21. The fourth-order valence-electron chi connectivity index (χ4n) is 3.96. The summed E-state index contributed by atoms with van der Waals surface area (Å²) in [7, 11) is 0. The van der Waals surface area contributed by atoms with Gasteiger partial charge in [0.1, 0.15) is 29.3 Å². The first-order chi connectivity index (χ1) is 15.2. The second-order valence-corrected chi connectivity index (χ2v) is 7.55. The molecule has 3 heterocycles. The predicted molar refractivity (Wildman–Crippen MR) is 121 cm³/mol. The Morgan fingerprint density at radius 2 is 2.00 bits per heavy atom. The molecule has 2 aromatic carbocycles. The van der Waals surface area contributed by atoms with Crippen LogP contribution in [0.2, 0.25) is 0 Å². The number of anilines is 1. The Hall–Kier alpha value is -3.89. The summed E-state index contributed by atoms with van der Waals surface area (Å²) in [5.41, 5.74) is 9.49. The maximum absolute atomic E-state index is 6.24. The number of piperidine rings is 1. The summed E-state index contributed by atoms with van der Waals surface area (Å²) < 4.78 is 7.94. The van der Waals surface area contributed by atoms with Gasteiger partial charge in [0, 0.05) is 17.7 Å². The number of nitrogens with two attached hydrogens (primary N) is 1. The molecule has 4 aromatic rings. The Morgan fingerprint density at radius 3 is 2.77 bits per heavy atom. The molecule has 0 amide bonds. The summed E-state index contributed by atoms with van der Waals surface area (Å²) in [5.74, 6) is 4.45. The minimum Gasteiger partial charge on any atom is -0.457 e. The smallest absolute Gasteiger partial charge is 0.164 e. The van der Waals surface area contributed by atoms with Gasteiger partial charge in [-0.3, -0.25) is 0 Å². The fraction of sp³-hybridized carbons (Fsp3) is 0.208. The van der Waals surface area contributed by atoms with Crippen LogP contribution in [0.15, 0.2) is 54.9 Å². The van der Waals surface area contributed by atoms with Gasteiger partial charge in [-0.05, 0) is 61.9 Å². The topological polar surface area (TPSA) is 90.9 Å². The van der Waals surface area contributed by atoms with Gasteiger partial charge in [0.25, 0.3) is 0 Å². The van der Waals surface area contributed by atoms with Crippen LogP contribution in [0.1, 0.15) is 24.4 Å². The third-order valence-corrected chi connectivity index (χ3v) is 5.50. The summed E-state index contributed by atoms with van der Waals surface area (Å²) in [6.07, 6.45) is 9.13. The van der Waals surface area contributed by atoms with Gasteiger partial charge in [-0.2, -0.15) is 5.10 Å². The first-order valence-corrected chi connectivity index (χ1v) is 10.3. The summed E-state index contributed by atoms with van der Waals surface area (Å²) in [6, 6.07) is 15.4. The van der Waals surface area contributed by atoms with Crippen molar-refractivity contribution >= 4 is 16.9 Å². The molecule has 5 rings (SSSR count). The lowest BCUT2D eigenvalue weighted by molar-refractivity contribution is 0.354. The highest BCUT2D eigenvalue weighted by molar-refractivity contribution is 5.98. The molecule has 2 aromatic heterocycles. The van der Waals surface area contributed by atoms with Crippen molar-refractivity contribution in [2.45, 2.75) is 18.9 Å². The molecule has 0 spiro atoms. The molecule has 1 aliphatic rings. The number of hydrogen-bond acceptors (Lipinski definition) is 6. The second-order valence-electron chi connectivity index (χ2n) is 7.55. The molecule has 0 radical (unpaired) electrons. The Labute approximate surface area is 180 Å². The van der Waals surface area contributed by atoms with Crippen LogP contribution >= 0.6 is 0 Å². The van der Waals surface area contributed by atoms with Crippen LogP contribution in [-0.2, 0) is 0 Å². The van der Waals surface area contributed by atoms with Crippen LogP contribution in [0.4, 0.5) is 5.82 Å². The van der Waals surface area contributed by atoms with E-state index >= 15 is 0 Å². The maximum atomic E-state index is 6.24. The van der Waals surface area contributed by atoms with Crippen molar-refractivity contribution in [1.29, 1.82) is 0 Å². The first kappa shape index (κ1) is 19.1. The van der Waals surface area contributed by atoms with E-state index in [0.29, 0.717) is 17.3 Å². The molecule has 0 unspecified atom stereocenters. The van der Waals surface area contributed by atoms with Crippen LogP contribution in [0.5, 0.6) is 11.5 Å². The maximum Gasteiger partial charge on any atom is 0.164 e. The van der Waals surface area contributed by atoms with Gasteiger partial charge < -0.3 is 15.8 Å². The second kappa shape index (κ2) is 8.09. The predicted octanol–water partition coefficient (Wildman–Crippen LogP) is 3.77. The molecule has 1 saturated heterocycles. The van der Waals surface area contributed by atoms with Crippen LogP contribution < -0.4 is 15.8 Å². The number of nitrogens with zero attached hydrogens (tertiary/aromatic N) is 4. The highest BCUT2D eigenvalue weighted by Crippen LogP contribution is 2.34. The van der Waals surface area contributed by atoms with Crippen LogP contribution in [-0.4, -0.2) is 32.8 Å². The van der Waals surface area contributed by atoms with Crippen molar-refractivity contribution in [2.75, 3.05) is 18.8 Å². The Balaban J connectivity index is 1.50. The van der Waals surface area contributed by atoms with Gasteiger partial charge in [0.2, 0.25) is 0 Å².